The van der Waals surface area contributed by atoms with E-state index in [1.165, 1.54) is 20.4 Å². The van der Waals surface area contributed by atoms with Crippen LogP contribution in [0.5, 0.6) is 0 Å². The minimum absolute atomic E-state index is 0.138. The molecule has 170 valence electrons. The van der Waals surface area contributed by atoms with Crippen LogP contribution in [-0.2, 0) is 0 Å². The minimum atomic E-state index is -2.46. The van der Waals surface area contributed by atoms with Crippen molar-refractivity contribution in [2.75, 3.05) is 0 Å². The molecule has 0 aliphatic heterocycles. The van der Waals surface area contributed by atoms with Crippen LogP contribution in [-0.4, -0.2) is 24.9 Å². The first-order chi connectivity index (χ1) is 17.3. The summed E-state index contributed by atoms with van der Waals surface area (Å²) in [5.74, 6) is 0.138. The van der Waals surface area contributed by atoms with E-state index in [-0.39, 0.29) is 20.7 Å². The molecule has 0 fully saturated rings. The van der Waals surface area contributed by atoms with Gasteiger partial charge in [0.1, 0.15) is 0 Å². The van der Waals surface area contributed by atoms with Gasteiger partial charge in [-0.3, -0.25) is 0 Å². The molecular weight excluding hydrogens is 510 g/mol. The molecule has 0 N–H and O–H groups in total. The molecule has 0 unspecified atom stereocenters. The first-order valence-electron chi connectivity index (χ1n) is 11.6. The Balaban J connectivity index is 1.97. The van der Waals surface area contributed by atoms with Crippen molar-refractivity contribution in [3.8, 4) is 0 Å². The van der Waals surface area contributed by atoms with Crippen molar-refractivity contribution in [3.63, 3.8) is 0 Å². The van der Waals surface area contributed by atoms with Crippen LogP contribution in [0.4, 0.5) is 0 Å². The number of benzene rings is 5. The van der Waals surface area contributed by atoms with Crippen molar-refractivity contribution < 1.29 is 4.79 Å². The van der Waals surface area contributed by atoms with Crippen molar-refractivity contribution in [2.24, 2.45) is 0 Å². The summed E-state index contributed by atoms with van der Waals surface area (Å²) in [5.41, 5.74) is 0.743. The zero-order valence-corrected chi connectivity index (χ0v) is 21.8. The van der Waals surface area contributed by atoms with E-state index in [0.29, 0.717) is 0 Å². The maximum absolute atomic E-state index is 14.5. The third kappa shape index (κ3) is 4.75. The third-order valence-electron chi connectivity index (χ3n) is 5.92. The third-order valence-corrected chi connectivity index (χ3v) is 14.0. The second-order valence-electron chi connectivity index (χ2n) is 8.09. The molecule has 35 heavy (non-hydrogen) atoms. The van der Waals surface area contributed by atoms with Crippen LogP contribution in [0.2, 0.25) is 0 Å². The van der Waals surface area contributed by atoms with Gasteiger partial charge in [0.2, 0.25) is 0 Å². The van der Waals surface area contributed by atoms with E-state index in [1.54, 1.807) is 0 Å². The number of carbonyl (C=O) groups is 1. The van der Waals surface area contributed by atoms with E-state index in [0.717, 1.165) is 9.76 Å². The molecule has 0 bridgehead atoms. The first kappa shape index (κ1) is 23.3. The molecule has 3 heteroatoms. The summed E-state index contributed by atoms with van der Waals surface area (Å²) in [4.78, 5) is 14.5. The Morgan fingerprint density at radius 3 is 1.20 bits per heavy atom. The van der Waals surface area contributed by atoms with E-state index in [4.69, 9.17) is 0 Å². The fourth-order valence-corrected chi connectivity index (χ4v) is 13.3. The Morgan fingerprint density at radius 1 is 0.457 bits per heavy atom. The number of hydrogen-bond donors (Lipinski definition) is 0. The van der Waals surface area contributed by atoms with E-state index >= 15 is 0 Å². The van der Waals surface area contributed by atoms with Crippen LogP contribution < -0.4 is 20.4 Å². The SMILES string of the molecule is O=C(C([Se]c1ccccc1)=P(c1ccccc1)(c1ccccc1)c1ccccc1)c1ccccc1. The predicted molar refractivity (Wildman–Crippen MR) is 153 cm³/mol. The van der Waals surface area contributed by atoms with Crippen LogP contribution >= 0.6 is 6.89 Å². The molecule has 1 nitrogen and oxygen atoms in total. The fraction of sp³-hybridized carbons (Fsp3) is 0. The van der Waals surface area contributed by atoms with Crippen LogP contribution in [0.3, 0.4) is 0 Å². The van der Waals surface area contributed by atoms with Gasteiger partial charge in [-0.1, -0.05) is 0 Å². The Labute approximate surface area is 213 Å². The van der Waals surface area contributed by atoms with E-state index in [9.17, 15) is 4.79 Å². The van der Waals surface area contributed by atoms with E-state index in [2.05, 4.69) is 115 Å². The van der Waals surface area contributed by atoms with Gasteiger partial charge < -0.3 is 0 Å². The van der Waals surface area contributed by atoms with Gasteiger partial charge in [-0.25, -0.2) is 0 Å². The van der Waals surface area contributed by atoms with Gasteiger partial charge in [0, 0.05) is 0 Å². The standard InChI is InChI=1S/C32H25OPSe/c33-31(26-16-6-1-7-17-26)32(35-30-24-14-5-15-25-30)34(27-18-8-2-9-19-27,28-20-10-3-11-21-28)29-22-12-4-13-23-29/h1-25H. The zero-order chi connectivity index (χ0) is 23.9. The van der Waals surface area contributed by atoms with Gasteiger partial charge in [0.25, 0.3) is 0 Å². The van der Waals surface area contributed by atoms with Crippen molar-refractivity contribution >= 4 is 52.2 Å². The molecule has 5 aromatic rings. The van der Waals surface area contributed by atoms with E-state index < -0.39 is 6.89 Å². The number of rotatable bonds is 7. The second kappa shape index (κ2) is 10.9. The molecule has 5 aromatic carbocycles. The normalized spacial score (nSPS) is 11.1. The summed E-state index contributed by atoms with van der Waals surface area (Å²) in [7, 11) is 0. The zero-order valence-electron chi connectivity index (χ0n) is 19.2. The topological polar surface area (TPSA) is 17.1 Å². The van der Waals surface area contributed by atoms with Gasteiger partial charge >= 0.3 is 214 Å². The molecule has 0 amide bonds. The Hall–Kier alpha value is -3.41. The molecule has 0 aromatic heterocycles. The summed E-state index contributed by atoms with van der Waals surface area (Å²) in [5, 5.41) is 3.61. The predicted octanol–water partition coefficient (Wildman–Crippen LogP) is 5.02. The maximum atomic E-state index is 14.5. The van der Waals surface area contributed by atoms with Crippen molar-refractivity contribution in [1.82, 2.24) is 0 Å². The Kier molecular flexibility index (Phi) is 7.26. The number of carbonyl (C=O) groups excluding carboxylic acids is 1. The molecule has 0 radical (unpaired) electrons. The van der Waals surface area contributed by atoms with Crippen LogP contribution in [0, 0.1) is 0 Å². The van der Waals surface area contributed by atoms with E-state index in [1.807, 2.05) is 36.4 Å². The molecule has 0 saturated heterocycles. The molecule has 0 atom stereocenters. The second-order valence-corrected chi connectivity index (χ2v) is 14.4. The summed E-state index contributed by atoms with van der Waals surface area (Å²) in [6, 6.07) is 52.1. The van der Waals surface area contributed by atoms with Crippen LogP contribution in [0.25, 0.3) is 0 Å². The Bertz CT molecular complexity index is 1350. The van der Waals surface area contributed by atoms with Crippen LogP contribution in [0.15, 0.2) is 152 Å². The molecule has 5 rings (SSSR count). The Morgan fingerprint density at radius 2 is 0.800 bits per heavy atom. The molecule has 0 aliphatic rings. The summed E-state index contributed by atoms with van der Waals surface area (Å²) >= 11 is -0.177. The van der Waals surface area contributed by atoms with Crippen molar-refractivity contribution in [2.45, 2.75) is 0 Å². The summed E-state index contributed by atoms with van der Waals surface area (Å²) in [6.07, 6.45) is 0. The van der Waals surface area contributed by atoms with Gasteiger partial charge in [-0.2, -0.15) is 0 Å². The monoisotopic (exact) mass is 536 g/mol. The average Bonchev–Trinajstić information content (AvgIpc) is 2.95. The number of ketones is 1. The fourth-order valence-electron chi connectivity index (χ4n) is 4.33. The van der Waals surface area contributed by atoms with Gasteiger partial charge in [-0.15, -0.1) is 0 Å². The van der Waals surface area contributed by atoms with Gasteiger partial charge in [0.15, 0.2) is 0 Å². The molecule has 0 heterocycles. The van der Waals surface area contributed by atoms with Gasteiger partial charge in [0.05, 0.1) is 0 Å². The first-order valence-corrected chi connectivity index (χ1v) is 15.1. The molecule has 0 saturated carbocycles. The quantitative estimate of drug-likeness (QED) is 0.163. The van der Waals surface area contributed by atoms with Crippen molar-refractivity contribution in [3.05, 3.63) is 157 Å². The summed E-state index contributed by atoms with van der Waals surface area (Å²) < 4.78 is 2.21. The molecule has 0 aliphatic carbocycles. The van der Waals surface area contributed by atoms with Crippen LogP contribution in [0.1, 0.15) is 10.4 Å². The molecular formula is C32H25OPSe. The average molecular weight is 535 g/mol. The van der Waals surface area contributed by atoms with Gasteiger partial charge in [-0.05, 0) is 0 Å². The summed E-state index contributed by atoms with van der Waals surface area (Å²) in [6.45, 7) is -2.46. The number of Topliss-reactive ketones (excluding diaryl/α,β-unsaturated/α-hetero) is 1. The van der Waals surface area contributed by atoms with Crippen molar-refractivity contribution in [1.29, 1.82) is 0 Å². The molecule has 0 spiro atoms. The number of hydrogen-bond acceptors (Lipinski definition) is 1.